The molecule has 0 fully saturated rings. The van der Waals surface area contributed by atoms with E-state index in [1.54, 1.807) is 11.8 Å². The zero-order chi connectivity index (χ0) is 10.7. The summed E-state index contributed by atoms with van der Waals surface area (Å²) in [6, 6.07) is 0. The van der Waals surface area contributed by atoms with Crippen molar-refractivity contribution < 1.29 is 0 Å². The van der Waals surface area contributed by atoms with Crippen molar-refractivity contribution in [3.63, 3.8) is 0 Å². The van der Waals surface area contributed by atoms with Crippen molar-refractivity contribution in [3.8, 4) is 0 Å². The molecule has 0 heterocycles. The molecule has 1 N–H and O–H groups in total. The molecule has 13 heavy (non-hydrogen) atoms. The van der Waals surface area contributed by atoms with Gasteiger partial charge in [-0.1, -0.05) is 41.0 Å². The molecule has 78 valence electrons. The minimum Gasteiger partial charge on any atom is -0.298 e. The van der Waals surface area contributed by atoms with Crippen molar-refractivity contribution in [1.82, 2.24) is 0 Å². The monoisotopic (exact) mass is 201 g/mol. The lowest BCUT2D eigenvalue weighted by Crippen LogP contribution is -2.28. The van der Waals surface area contributed by atoms with Gasteiger partial charge in [0.25, 0.3) is 0 Å². The van der Waals surface area contributed by atoms with Crippen molar-refractivity contribution in [2.24, 2.45) is 10.8 Å². The molecule has 0 saturated carbocycles. The molecular formula is C11H23NS. The van der Waals surface area contributed by atoms with Crippen LogP contribution < -0.4 is 0 Å². The number of rotatable bonds is 4. The molecule has 0 aliphatic heterocycles. The Labute approximate surface area is 87.2 Å². The highest BCUT2D eigenvalue weighted by Crippen LogP contribution is 2.38. The van der Waals surface area contributed by atoms with Crippen molar-refractivity contribution in [2.75, 3.05) is 6.26 Å². The first-order chi connectivity index (χ1) is 5.75. The minimum atomic E-state index is 0.0406. The lowest BCUT2D eigenvalue weighted by molar-refractivity contribution is 0.245. The minimum absolute atomic E-state index is 0.0406. The fourth-order valence-electron chi connectivity index (χ4n) is 1.68. The van der Waals surface area contributed by atoms with Gasteiger partial charge in [0.2, 0.25) is 0 Å². The van der Waals surface area contributed by atoms with E-state index in [1.807, 2.05) is 6.26 Å². The summed E-state index contributed by atoms with van der Waals surface area (Å²) in [6.45, 7) is 11.1. The molecule has 0 radical (unpaired) electrons. The van der Waals surface area contributed by atoms with Gasteiger partial charge in [0.1, 0.15) is 0 Å². The molecule has 0 bridgehead atoms. The third-order valence-electron chi connectivity index (χ3n) is 2.70. The molecule has 2 heteroatoms. The fourth-order valence-corrected chi connectivity index (χ4v) is 2.30. The average molecular weight is 201 g/mol. The van der Waals surface area contributed by atoms with Crippen LogP contribution in [0.5, 0.6) is 0 Å². The van der Waals surface area contributed by atoms with Crippen LogP contribution in [0.2, 0.25) is 0 Å². The Morgan fingerprint density at radius 2 is 1.69 bits per heavy atom. The molecule has 0 aromatic carbocycles. The molecule has 0 aliphatic rings. The molecule has 0 aromatic heterocycles. The SMILES string of the molecule is CCC(C)(C)CC(C)(C)C(=N)SC. The van der Waals surface area contributed by atoms with Gasteiger partial charge in [0, 0.05) is 5.41 Å². The topological polar surface area (TPSA) is 23.9 Å². The smallest absolute Gasteiger partial charge is 0.0695 e. The maximum absolute atomic E-state index is 7.86. The van der Waals surface area contributed by atoms with Gasteiger partial charge in [-0.25, -0.2) is 0 Å². The summed E-state index contributed by atoms with van der Waals surface area (Å²) in [7, 11) is 0. The fraction of sp³-hybridized carbons (Fsp3) is 0.909. The summed E-state index contributed by atoms with van der Waals surface area (Å²) in [4.78, 5) is 0. The van der Waals surface area contributed by atoms with E-state index >= 15 is 0 Å². The molecule has 0 amide bonds. The van der Waals surface area contributed by atoms with Crippen LogP contribution in [0.3, 0.4) is 0 Å². The Kier molecular flexibility index (Phi) is 4.50. The van der Waals surface area contributed by atoms with Gasteiger partial charge in [0.15, 0.2) is 0 Å². The lowest BCUT2D eigenvalue weighted by atomic mass is 9.74. The van der Waals surface area contributed by atoms with E-state index in [9.17, 15) is 0 Å². The predicted octanol–water partition coefficient (Wildman–Crippen LogP) is 4.18. The molecule has 0 aromatic rings. The summed E-state index contributed by atoms with van der Waals surface area (Å²) in [5, 5.41) is 8.66. The van der Waals surface area contributed by atoms with Crippen LogP contribution in [0.25, 0.3) is 0 Å². The van der Waals surface area contributed by atoms with Gasteiger partial charge in [-0.15, -0.1) is 11.8 Å². The number of nitrogens with one attached hydrogen (secondary N) is 1. The predicted molar refractivity (Wildman–Crippen MR) is 63.7 cm³/mol. The highest BCUT2D eigenvalue weighted by molar-refractivity contribution is 8.13. The Morgan fingerprint density at radius 1 is 1.23 bits per heavy atom. The molecule has 0 spiro atoms. The summed E-state index contributed by atoms with van der Waals surface area (Å²) < 4.78 is 0. The number of hydrogen-bond acceptors (Lipinski definition) is 2. The lowest BCUT2D eigenvalue weighted by Gasteiger charge is -2.34. The highest BCUT2D eigenvalue weighted by Gasteiger charge is 2.30. The van der Waals surface area contributed by atoms with Crippen molar-refractivity contribution in [1.29, 1.82) is 5.41 Å². The number of hydrogen-bond donors (Lipinski definition) is 1. The normalized spacial score (nSPS) is 13.1. The van der Waals surface area contributed by atoms with E-state index in [1.165, 1.54) is 6.42 Å². The molecule has 0 saturated heterocycles. The second-order valence-electron chi connectivity index (χ2n) is 5.11. The standard InChI is InChI=1S/C11H23NS/c1-7-10(2,3)8-11(4,5)9(12)13-6/h12H,7-8H2,1-6H3. The van der Waals surface area contributed by atoms with Crippen LogP contribution >= 0.6 is 11.8 Å². The summed E-state index contributed by atoms with van der Waals surface area (Å²) in [5.74, 6) is 0. The van der Waals surface area contributed by atoms with Crippen LogP contribution in [-0.2, 0) is 0 Å². The Bertz CT molecular complexity index is 183. The quantitative estimate of drug-likeness (QED) is 0.535. The molecular weight excluding hydrogens is 178 g/mol. The van der Waals surface area contributed by atoms with Gasteiger partial charge in [-0.05, 0) is 18.1 Å². The van der Waals surface area contributed by atoms with E-state index in [4.69, 9.17) is 5.41 Å². The first kappa shape index (κ1) is 13.0. The largest absolute Gasteiger partial charge is 0.298 e. The Hall–Kier alpha value is 0.0200. The first-order valence-electron chi connectivity index (χ1n) is 4.88. The van der Waals surface area contributed by atoms with Gasteiger partial charge in [0.05, 0.1) is 5.04 Å². The van der Waals surface area contributed by atoms with Crippen LogP contribution in [-0.4, -0.2) is 11.3 Å². The molecule has 1 nitrogen and oxygen atoms in total. The maximum atomic E-state index is 7.86. The van der Waals surface area contributed by atoms with E-state index < -0.39 is 0 Å². The van der Waals surface area contributed by atoms with Crippen molar-refractivity contribution in [3.05, 3.63) is 0 Å². The van der Waals surface area contributed by atoms with Crippen LogP contribution in [0, 0.1) is 16.2 Å². The third kappa shape index (κ3) is 4.17. The van der Waals surface area contributed by atoms with E-state index in [0.29, 0.717) is 5.41 Å². The van der Waals surface area contributed by atoms with Crippen LogP contribution in [0.4, 0.5) is 0 Å². The maximum Gasteiger partial charge on any atom is 0.0695 e. The van der Waals surface area contributed by atoms with Gasteiger partial charge in [-0.2, -0.15) is 0 Å². The second-order valence-corrected chi connectivity index (χ2v) is 5.93. The summed E-state index contributed by atoms with van der Waals surface area (Å²) >= 11 is 1.57. The zero-order valence-electron chi connectivity index (χ0n) is 9.82. The van der Waals surface area contributed by atoms with Gasteiger partial charge >= 0.3 is 0 Å². The summed E-state index contributed by atoms with van der Waals surface area (Å²) in [6.07, 6.45) is 4.26. The molecule has 0 rings (SSSR count). The zero-order valence-corrected chi connectivity index (χ0v) is 10.6. The van der Waals surface area contributed by atoms with Crippen LogP contribution in [0.15, 0.2) is 0 Å². The Balaban J connectivity index is 4.41. The second kappa shape index (κ2) is 4.50. The highest BCUT2D eigenvalue weighted by atomic mass is 32.2. The van der Waals surface area contributed by atoms with E-state index in [2.05, 4.69) is 34.6 Å². The van der Waals surface area contributed by atoms with E-state index in [0.717, 1.165) is 11.5 Å². The van der Waals surface area contributed by atoms with E-state index in [-0.39, 0.29) is 5.41 Å². The van der Waals surface area contributed by atoms with Gasteiger partial charge in [-0.3, -0.25) is 5.41 Å². The van der Waals surface area contributed by atoms with Gasteiger partial charge < -0.3 is 0 Å². The molecule has 0 aliphatic carbocycles. The average Bonchev–Trinajstić information content (AvgIpc) is 2.01. The molecule has 0 unspecified atom stereocenters. The van der Waals surface area contributed by atoms with Crippen LogP contribution in [0.1, 0.15) is 47.5 Å². The first-order valence-corrected chi connectivity index (χ1v) is 6.10. The Morgan fingerprint density at radius 3 is 2.00 bits per heavy atom. The summed E-state index contributed by atoms with van der Waals surface area (Å²) in [5.41, 5.74) is 0.393. The van der Waals surface area contributed by atoms with Crippen molar-refractivity contribution in [2.45, 2.75) is 47.5 Å². The number of thioether (sulfide) groups is 1. The van der Waals surface area contributed by atoms with Crippen molar-refractivity contribution >= 4 is 16.8 Å². The third-order valence-corrected chi connectivity index (χ3v) is 3.66. The molecule has 0 atom stereocenters.